The molecule has 3 aromatic rings. The molecule has 0 saturated heterocycles. The van der Waals surface area contributed by atoms with Crippen molar-refractivity contribution in [2.24, 2.45) is 0 Å². The van der Waals surface area contributed by atoms with Crippen molar-refractivity contribution in [3.8, 4) is 11.4 Å². The second kappa shape index (κ2) is 3.10. The topological polar surface area (TPSA) is 83.4 Å². The predicted molar refractivity (Wildman–Crippen MR) is 62.8 cm³/mol. The number of nitrogens with one attached hydrogen (secondary N) is 2. The normalized spacial score (nSPS) is 11.1. The van der Waals surface area contributed by atoms with Crippen molar-refractivity contribution in [3.05, 3.63) is 30.1 Å². The first-order valence-electron chi connectivity index (χ1n) is 4.99. The molecule has 3 rings (SSSR count). The number of hydrogen-bond donors (Lipinski definition) is 3. The summed E-state index contributed by atoms with van der Waals surface area (Å²) in [4.78, 5) is 7.71. The zero-order valence-corrected chi connectivity index (χ0v) is 8.78. The molecule has 0 saturated carbocycles. The summed E-state index contributed by atoms with van der Waals surface area (Å²) in [5.41, 5.74) is 10.3. The lowest BCUT2D eigenvalue weighted by Gasteiger charge is -1.91. The summed E-state index contributed by atoms with van der Waals surface area (Å²) in [5, 5.41) is 6.86. The van der Waals surface area contributed by atoms with Crippen LogP contribution in [0.3, 0.4) is 0 Å². The van der Waals surface area contributed by atoms with E-state index >= 15 is 0 Å². The molecule has 0 aliphatic heterocycles. The molecule has 5 heteroatoms. The molecule has 0 aliphatic rings. The van der Waals surface area contributed by atoms with Crippen molar-refractivity contribution in [3.63, 3.8) is 0 Å². The zero-order valence-electron chi connectivity index (χ0n) is 8.78. The first kappa shape index (κ1) is 8.96. The summed E-state index contributed by atoms with van der Waals surface area (Å²) >= 11 is 0. The van der Waals surface area contributed by atoms with E-state index in [0.29, 0.717) is 0 Å². The van der Waals surface area contributed by atoms with E-state index in [0.717, 1.165) is 33.8 Å². The lowest BCUT2D eigenvalue weighted by atomic mass is 10.2. The van der Waals surface area contributed by atoms with Gasteiger partial charge < -0.3 is 10.7 Å². The van der Waals surface area contributed by atoms with Crippen molar-refractivity contribution in [1.82, 2.24) is 20.2 Å². The third-order valence-corrected chi connectivity index (χ3v) is 2.59. The molecule has 0 fully saturated rings. The van der Waals surface area contributed by atoms with E-state index in [1.54, 1.807) is 6.20 Å². The van der Waals surface area contributed by atoms with Gasteiger partial charge in [-0.05, 0) is 25.1 Å². The molecule has 0 atom stereocenters. The molecule has 0 aliphatic carbocycles. The molecule has 4 N–H and O–H groups in total. The van der Waals surface area contributed by atoms with E-state index in [1.165, 1.54) is 0 Å². The molecule has 0 radical (unpaired) electrons. The minimum absolute atomic E-state index is 0.728. The fourth-order valence-electron chi connectivity index (χ4n) is 1.74. The van der Waals surface area contributed by atoms with Gasteiger partial charge in [0.25, 0.3) is 0 Å². The number of anilines is 1. The van der Waals surface area contributed by atoms with E-state index in [1.807, 2.05) is 25.1 Å². The third kappa shape index (κ3) is 1.25. The molecule has 5 nitrogen and oxygen atoms in total. The molecule has 0 spiro atoms. The summed E-state index contributed by atoms with van der Waals surface area (Å²) in [6, 6.07) is 5.62. The van der Waals surface area contributed by atoms with Gasteiger partial charge in [0, 0.05) is 11.4 Å². The third-order valence-electron chi connectivity index (χ3n) is 2.59. The van der Waals surface area contributed by atoms with Gasteiger partial charge in [-0.25, -0.2) is 4.98 Å². The van der Waals surface area contributed by atoms with E-state index in [2.05, 4.69) is 20.2 Å². The van der Waals surface area contributed by atoms with Crippen LogP contribution in [0.4, 0.5) is 5.69 Å². The fourth-order valence-corrected chi connectivity index (χ4v) is 1.74. The number of H-pyrrole nitrogens is 2. The highest BCUT2D eigenvalue weighted by Gasteiger charge is 2.08. The average Bonchev–Trinajstić information content (AvgIpc) is 2.82. The molecular formula is C11H11N5. The molecular weight excluding hydrogens is 202 g/mol. The molecule has 0 bridgehead atoms. The number of nitrogens with zero attached hydrogens (tertiary/aromatic N) is 2. The van der Waals surface area contributed by atoms with Gasteiger partial charge in [-0.3, -0.25) is 5.10 Å². The number of aromatic nitrogens is 4. The Kier molecular flexibility index (Phi) is 1.73. The number of imidazole rings is 1. The number of nitrogens with two attached hydrogens (primary N) is 1. The van der Waals surface area contributed by atoms with Crippen molar-refractivity contribution >= 4 is 16.7 Å². The lowest BCUT2D eigenvalue weighted by Crippen LogP contribution is -1.82. The van der Waals surface area contributed by atoms with Gasteiger partial charge in [0.05, 0.1) is 22.8 Å². The Morgan fingerprint density at radius 1 is 1.31 bits per heavy atom. The summed E-state index contributed by atoms with van der Waals surface area (Å²) in [6.45, 7) is 1.96. The maximum Gasteiger partial charge on any atom is 0.141 e. The van der Waals surface area contributed by atoms with Crippen LogP contribution >= 0.6 is 0 Å². The standard InChI is InChI=1S/C11H11N5/c1-6-8(5-13-16-6)11-14-9-3-2-7(12)4-10(9)15-11/h2-5H,12H2,1H3,(H,13,16)(H,14,15). The maximum atomic E-state index is 5.72. The van der Waals surface area contributed by atoms with E-state index in [-0.39, 0.29) is 0 Å². The Morgan fingerprint density at radius 2 is 2.19 bits per heavy atom. The van der Waals surface area contributed by atoms with Crippen LogP contribution in [0, 0.1) is 6.92 Å². The highest BCUT2D eigenvalue weighted by Crippen LogP contribution is 2.22. The first-order valence-corrected chi connectivity index (χ1v) is 4.99. The molecule has 2 aromatic heterocycles. The Balaban J connectivity index is 2.23. The van der Waals surface area contributed by atoms with Crippen LogP contribution in [-0.4, -0.2) is 20.2 Å². The van der Waals surface area contributed by atoms with Crippen molar-refractivity contribution in [1.29, 1.82) is 0 Å². The number of nitrogen functional groups attached to an aromatic ring is 1. The largest absolute Gasteiger partial charge is 0.399 e. The molecule has 80 valence electrons. The number of aromatic amines is 2. The van der Waals surface area contributed by atoms with E-state index in [9.17, 15) is 0 Å². The molecule has 16 heavy (non-hydrogen) atoms. The van der Waals surface area contributed by atoms with Gasteiger partial charge in [0.2, 0.25) is 0 Å². The molecule has 0 unspecified atom stereocenters. The summed E-state index contributed by atoms with van der Waals surface area (Å²) in [7, 11) is 0. The monoisotopic (exact) mass is 213 g/mol. The maximum absolute atomic E-state index is 5.72. The number of fused-ring (bicyclic) bond motifs is 1. The van der Waals surface area contributed by atoms with E-state index < -0.39 is 0 Å². The number of benzene rings is 1. The van der Waals surface area contributed by atoms with Gasteiger partial charge >= 0.3 is 0 Å². The Bertz CT molecular complexity index is 649. The van der Waals surface area contributed by atoms with Crippen LogP contribution in [0.2, 0.25) is 0 Å². The molecule has 1 aromatic carbocycles. The average molecular weight is 213 g/mol. The van der Waals surface area contributed by atoms with Gasteiger partial charge in [0.15, 0.2) is 0 Å². The van der Waals surface area contributed by atoms with Crippen LogP contribution in [0.5, 0.6) is 0 Å². The van der Waals surface area contributed by atoms with Crippen molar-refractivity contribution in [2.45, 2.75) is 6.92 Å². The second-order valence-corrected chi connectivity index (χ2v) is 3.77. The van der Waals surface area contributed by atoms with Crippen LogP contribution < -0.4 is 5.73 Å². The quantitative estimate of drug-likeness (QED) is 0.539. The van der Waals surface area contributed by atoms with Gasteiger partial charge in [0.1, 0.15) is 5.82 Å². The Labute approximate surface area is 91.7 Å². The smallest absolute Gasteiger partial charge is 0.141 e. The molecule has 2 heterocycles. The van der Waals surface area contributed by atoms with Gasteiger partial charge in [-0.2, -0.15) is 5.10 Å². The van der Waals surface area contributed by atoms with Gasteiger partial charge in [-0.15, -0.1) is 0 Å². The highest BCUT2D eigenvalue weighted by molar-refractivity contribution is 5.82. The Hall–Kier alpha value is -2.30. The molecule has 0 amide bonds. The van der Waals surface area contributed by atoms with Crippen molar-refractivity contribution in [2.75, 3.05) is 5.73 Å². The summed E-state index contributed by atoms with van der Waals surface area (Å²) in [6.07, 6.45) is 1.76. The predicted octanol–water partition coefficient (Wildman–Crippen LogP) is 1.84. The number of rotatable bonds is 1. The second-order valence-electron chi connectivity index (χ2n) is 3.77. The van der Waals surface area contributed by atoms with Crippen LogP contribution in [0.25, 0.3) is 22.4 Å². The van der Waals surface area contributed by atoms with Crippen molar-refractivity contribution < 1.29 is 0 Å². The zero-order chi connectivity index (χ0) is 11.1. The minimum atomic E-state index is 0.728. The SMILES string of the molecule is Cc1[nH]ncc1-c1nc2ccc(N)cc2[nH]1. The van der Waals surface area contributed by atoms with E-state index in [4.69, 9.17) is 5.73 Å². The van der Waals surface area contributed by atoms with Crippen LogP contribution in [-0.2, 0) is 0 Å². The highest BCUT2D eigenvalue weighted by atomic mass is 15.1. The Morgan fingerprint density at radius 3 is 2.94 bits per heavy atom. The summed E-state index contributed by atoms with van der Waals surface area (Å²) in [5.74, 6) is 0.812. The first-order chi connectivity index (χ1) is 7.74. The van der Waals surface area contributed by atoms with Gasteiger partial charge in [-0.1, -0.05) is 0 Å². The summed E-state index contributed by atoms with van der Waals surface area (Å²) < 4.78 is 0. The van der Waals surface area contributed by atoms with Crippen LogP contribution in [0.1, 0.15) is 5.69 Å². The lowest BCUT2D eigenvalue weighted by molar-refractivity contribution is 1.05. The fraction of sp³-hybridized carbons (Fsp3) is 0.0909. The minimum Gasteiger partial charge on any atom is -0.399 e. The van der Waals surface area contributed by atoms with Crippen LogP contribution in [0.15, 0.2) is 24.4 Å². The number of hydrogen-bond acceptors (Lipinski definition) is 3. The number of aryl methyl sites for hydroxylation is 1.